The maximum atomic E-state index is 13.8. The molecule has 1 nitrogen and oxygen atoms in total. The molecular formula is C16H16ClFO. The van der Waals surface area contributed by atoms with Crippen LogP contribution in [0.2, 0.25) is 5.02 Å². The molecule has 0 heterocycles. The molecule has 0 aromatic heterocycles. The minimum atomic E-state index is -0.976. The predicted molar refractivity (Wildman–Crippen MR) is 76.1 cm³/mol. The summed E-state index contributed by atoms with van der Waals surface area (Å²) in [4.78, 5) is 0. The smallest absolute Gasteiger partial charge is 0.129 e. The molecule has 2 rings (SSSR count). The molecular weight excluding hydrogens is 263 g/mol. The summed E-state index contributed by atoms with van der Waals surface area (Å²) in [6.45, 7) is 5.60. The molecule has 0 saturated heterocycles. The van der Waals surface area contributed by atoms with E-state index in [0.29, 0.717) is 16.1 Å². The Kier molecular flexibility index (Phi) is 3.93. The second-order valence-corrected chi connectivity index (χ2v) is 5.29. The summed E-state index contributed by atoms with van der Waals surface area (Å²) in [6.07, 6.45) is -0.976. The van der Waals surface area contributed by atoms with Gasteiger partial charge in [-0.3, -0.25) is 0 Å². The Morgan fingerprint density at radius 1 is 1.00 bits per heavy atom. The lowest BCUT2D eigenvalue weighted by molar-refractivity contribution is 0.214. The van der Waals surface area contributed by atoms with Gasteiger partial charge >= 0.3 is 0 Å². The molecule has 1 unspecified atom stereocenters. The van der Waals surface area contributed by atoms with Gasteiger partial charge in [0.25, 0.3) is 0 Å². The summed E-state index contributed by atoms with van der Waals surface area (Å²) in [5.41, 5.74) is 3.62. The highest BCUT2D eigenvalue weighted by atomic mass is 35.5. The Morgan fingerprint density at radius 2 is 1.68 bits per heavy atom. The molecule has 0 aliphatic carbocycles. The molecule has 2 aromatic carbocycles. The molecule has 0 bridgehead atoms. The number of hydrogen-bond acceptors (Lipinski definition) is 1. The first-order valence-corrected chi connectivity index (χ1v) is 6.48. The van der Waals surface area contributed by atoms with Gasteiger partial charge in [0.1, 0.15) is 11.9 Å². The molecule has 19 heavy (non-hydrogen) atoms. The summed E-state index contributed by atoms with van der Waals surface area (Å²) < 4.78 is 13.8. The SMILES string of the molecule is Cc1ccc(F)c(C(O)c2cc(C)c(Cl)cc2C)c1. The van der Waals surface area contributed by atoms with E-state index in [1.807, 2.05) is 26.8 Å². The Balaban J connectivity index is 2.52. The molecule has 1 atom stereocenters. The first kappa shape index (κ1) is 14.0. The van der Waals surface area contributed by atoms with E-state index < -0.39 is 11.9 Å². The van der Waals surface area contributed by atoms with Crippen molar-refractivity contribution in [1.82, 2.24) is 0 Å². The van der Waals surface area contributed by atoms with E-state index in [0.717, 1.165) is 16.7 Å². The van der Waals surface area contributed by atoms with Crippen molar-refractivity contribution in [3.63, 3.8) is 0 Å². The number of rotatable bonds is 2. The van der Waals surface area contributed by atoms with Crippen molar-refractivity contribution in [1.29, 1.82) is 0 Å². The lowest BCUT2D eigenvalue weighted by Crippen LogP contribution is -2.05. The van der Waals surface area contributed by atoms with Crippen LogP contribution in [0, 0.1) is 26.6 Å². The number of benzene rings is 2. The average molecular weight is 279 g/mol. The number of hydrogen-bond donors (Lipinski definition) is 1. The molecule has 1 N–H and O–H groups in total. The third kappa shape index (κ3) is 2.80. The molecule has 0 radical (unpaired) electrons. The van der Waals surface area contributed by atoms with Gasteiger partial charge in [-0.15, -0.1) is 0 Å². The molecule has 0 spiro atoms. The number of aliphatic hydroxyl groups excluding tert-OH is 1. The van der Waals surface area contributed by atoms with E-state index in [1.54, 1.807) is 18.2 Å². The summed E-state index contributed by atoms with van der Waals surface area (Å²) in [7, 11) is 0. The molecule has 0 aliphatic heterocycles. The highest BCUT2D eigenvalue weighted by Crippen LogP contribution is 2.30. The van der Waals surface area contributed by atoms with E-state index in [2.05, 4.69) is 0 Å². The van der Waals surface area contributed by atoms with Crippen LogP contribution in [0.4, 0.5) is 4.39 Å². The van der Waals surface area contributed by atoms with Crippen LogP contribution in [0.1, 0.15) is 33.9 Å². The topological polar surface area (TPSA) is 20.2 Å². The van der Waals surface area contributed by atoms with E-state index in [4.69, 9.17) is 11.6 Å². The van der Waals surface area contributed by atoms with Gasteiger partial charge in [0.05, 0.1) is 0 Å². The Bertz CT molecular complexity index is 622. The Morgan fingerprint density at radius 3 is 2.37 bits per heavy atom. The van der Waals surface area contributed by atoms with Crippen LogP contribution in [-0.4, -0.2) is 5.11 Å². The lowest BCUT2D eigenvalue weighted by Gasteiger charge is -2.17. The van der Waals surface area contributed by atoms with E-state index in [9.17, 15) is 9.50 Å². The van der Waals surface area contributed by atoms with Crippen molar-refractivity contribution in [2.24, 2.45) is 0 Å². The van der Waals surface area contributed by atoms with Crippen molar-refractivity contribution in [3.05, 3.63) is 69.0 Å². The number of aryl methyl sites for hydroxylation is 3. The predicted octanol–water partition coefficient (Wildman–Crippen LogP) is 4.49. The van der Waals surface area contributed by atoms with Crippen molar-refractivity contribution in [3.8, 4) is 0 Å². The van der Waals surface area contributed by atoms with E-state index >= 15 is 0 Å². The van der Waals surface area contributed by atoms with E-state index in [1.165, 1.54) is 6.07 Å². The molecule has 0 saturated carbocycles. The molecule has 0 amide bonds. The lowest BCUT2D eigenvalue weighted by atomic mass is 9.94. The van der Waals surface area contributed by atoms with Crippen molar-refractivity contribution < 1.29 is 9.50 Å². The maximum Gasteiger partial charge on any atom is 0.129 e. The fourth-order valence-electron chi connectivity index (χ4n) is 2.14. The van der Waals surface area contributed by atoms with Gasteiger partial charge in [-0.2, -0.15) is 0 Å². The minimum Gasteiger partial charge on any atom is -0.384 e. The van der Waals surface area contributed by atoms with Crippen LogP contribution in [-0.2, 0) is 0 Å². The summed E-state index contributed by atoms with van der Waals surface area (Å²) in [5, 5.41) is 11.1. The minimum absolute atomic E-state index is 0.296. The van der Waals surface area contributed by atoms with Gasteiger partial charge in [-0.25, -0.2) is 4.39 Å². The monoisotopic (exact) mass is 278 g/mol. The molecule has 0 aliphatic rings. The zero-order chi connectivity index (χ0) is 14.2. The third-order valence-corrected chi connectivity index (χ3v) is 3.70. The highest BCUT2D eigenvalue weighted by molar-refractivity contribution is 6.31. The normalized spacial score (nSPS) is 12.5. The largest absolute Gasteiger partial charge is 0.384 e. The van der Waals surface area contributed by atoms with Gasteiger partial charge in [0.15, 0.2) is 0 Å². The van der Waals surface area contributed by atoms with Gasteiger partial charge in [0.2, 0.25) is 0 Å². The zero-order valence-corrected chi connectivity index (χ0v) is 11.9. The summed E-state index contributed by atoms with van der Waals surface area (Å²) >= 11 is 6.04. The van der Waals surface area contributed by atoms with Crippen LogP contribution in [0.25, 0.3) is 0 Å². The Hall–Kier alpha value is -1.38. The number of aliphatic hydroxyl groups is 1. The van der Waals surface area contributed by atoms with Crippen LogP contribution in [0.5, 0.6) is 0 Å². The molecule has 2 aromatic rings. The van der Waals surface area contributed by atoms with Crippen LogP contribution < -0.4 is 0 Å². The van der Waals surface area contributed by atoms with Gasteiger partial charge in [0, 0.05) is 10.6 Å². The van der Waals surface area contributed by atoms with E-state index in [-0.39, 0.29) is 0 Å². The molecule has 100 valence electrons. The zero-order valence-electron chi connectivity index (χ0n) is 11.2. The van der Waals surface area contributed by atoms with Crippen LogP contribution in [0.15, 0.2) is 30.3 Å². The van der Waals surface area contributed by atoms with Gasteiger partial charge in [-0.1, -0.05) is 35.4 Å². The second-order valence-electron chi connectivity index (χ2n) is 4.89. The first-order valence-electron chi connectivity index (χ1n) is 6.11. The summed E-state index contributed by atoms with van der Waals surface area (Å²) in [5.74, 6) is -0.398. The fraction of sp³-hybridized carbons (Fsp3) is 0.250. The summed E-state index contributed by atoms with van der Waals surface area (Å²) in [6, 6.07) is 8.34. The van der Waals surface area contributed by atoms with Gasteiger partial charge < -0.3 is 5.11 Å². The van der Waals surface area contributed by atoms with Crippen LogP contribution in [0.3, 0.4) is 0 Å². The third-order valence-electron chi connectivity index (χ3n) is 3.29. The average Bonchev–Trinajstić information content (AvgIpc) is 2.36. The fourth-order valence-corrected chi connectivity index (χ4v) is 2.36. The van der Waals surface area contributed by atoms with Crippen molar-refractivity contribution in [2.45, 2.75) is 26.9 Å². The Labute approximate surface area is 117 Å². The standard InChI is InChI=1S/C16H16ClFO/c1-9-4-5-15(18)13(6-9)16(19)12-7-11(3)14(17)8-10(12)2/h4-8,16,19H,1-3H3. The van der Waals surface area contributed by atoms with Crippen molar-refractivity contribution >= 4 is 11.6 Å². The second kappa shape index (κ2) is 5.32. The van der Waals surface area contributed by atoms with Gasteiger partial charge in [-0.05, 0) is 49.6 Å². The molecule has 0 fully saturated rings. The maximum absolute atomic E-state index is 13.8. The molecule has 3 heteroatoms. The number of halogens is 2. The van der Waals surface area contributed by atoms with Crippen molar-refractivity contribution in [2.75, 3.05) is 0 Å². The highest BCUT2D eigenvalue weighted by Gasteiger charge is 2.18. The van der Waals surface area contributed by atoms with Crippen LogP contribution >= 0.6 is 11.6 Å². The first-order chi connectivity index (χ1) is 8.90. The quantitative estimate of drug-likeness (QED) is 0.858.